The van der Waals surface area contributed by atoms with E-state index < -0.39 is 17.3 Å². The maximum Gasteiger partial charge on any atom is 0.279 e. The van der Waals surface area contributed by atoms with Gasteiger partial charge in [0.2, 0.25) is 11.8 Å². The quantitative estimate of drug-likeness (QED) is 0.295. The smallest absolute Gasteiger partial charge is 0.279 e. The van der Waals surface area contributed by atoms with Crippen LogP contribution in [0.1, 0.15) is 40.9 Å². The van der Waals surface area contributed by atoms with Crippen molar-refractivity contribution >= 4 is 40.7 Å². The summed E-state index contributed by atoms with van der Waals surface area (Å²) in [6, 6.07) is 11.1. The van der Waals surface area contributed by atoms with Crippen LogP contribution in [0.25, 0.3) is 22.4 Å². The van der Waals surface area contributed by atoms with Gasteiger partial charge in [0.05, 0.1) is 28.5 Å². The molecule has 0 bridgehead atoms. The minimum Gasteiger partial charge on any atom is -0.481 e. The first-order valence-corrected chi connectivity index (χ1v) is 15.5. The van der Waals surface area contributed by atoms with Gasteiger partial charge in [0, 0.05) is 74.6 Å². The number of pyridine rings is 1. The summed E-state index contributed by atoms with van der Waals surface area (Å²) in [4.78, 5) is 46.2. The van der Waals surface area contributed by atoms with Gasteiger partial charge in [-0.05, 0) is 42.7 Å². The van der Waals surface area contributed by atoms with Crippen molar-refractivity contribution in [2.24, 2.45) is 7.05 Å². The first kappa shape index (κ1) is 31.7. The lowest BCUT2D eigenvalue weighted by Crippen LogP contribution is -2.48. The Labute approximate surface area is 274 Å². The van der Waals surface area contributed by atoms with Crippen LogP contribution in [0.3, 0.4) is 0 Å². The number of piperazine rings is 1. The van der Waals surface area contributed by atoms with E-state index in [1.807, 2.05) is 11.0 Å². The molecule has 0 radical (unpaired) electrons. The summed E-state index contributed by atoms with van der Waals surface area (Å²) < 4.78 is 22.3. The molecule has 238 valence electrons. The van der Waals surface area contributed by atoms with E-state index in [2.05, 4.69) is 15.3 Å². The fourth-order valence-corrected chi connectivity index (χ4v) is 6.90. The van der Waals surface area contributed by atoms with Gasteiger partial charge in [-0.2, -0.15) is 5.10 Å². The molecule has 10 nitrogen and oxygen atoms in total. The Bertz CT molecular complexity index is 1930. The topological polar surface area (TPSA) is 110 Å². The van der Waals surface area contributed by atoms with Gasteiger partial charge in [-0.3, -0.25) is 19.3 Å². The molecule has 1 fully saturated rings. The lowest BCUT2D eigenvalue weighted by atomic mass is 9.98. The average Bonchev–Trinajstić information content (AvgIpc) is 3.48. The lowest BCUT2D eigenvalue weighted by Gasteiger charge is -2.38. The number of benzene rings is 2. The zero-order chi connectivity index (χ0) is 32.7. The maximum absolute atomic E-state index is 15.4. The molecule has 13 heteroatoms. The van der Waals surface area contributed by atoms with Gasteiger partial charge >= 0.3 is 0 Å². The standard InChI is InChI=1S/C33H31Cl2FN6O4/c1-18(43)41-13-15-42(16-14-41)26-10-7-19-17-25(39-32(46-3)27(19)26)20-5-4-6-21(29(20)34)28-23(36)8-9-24(30(28)35)38-31(44)22-11-12-37-40(2)33(22)45/h4-6,8-9,11-12,17,26H,7,10,13-16H2,1-3H3,(H,38,44)/t26-/m0/s1. The summed E-state index contributed by atoms with van der Waals surface area (Å²) in [6.45, 7) is 4.51. The monoisotopic (exact) mass is 664 g/mol. The van der Waals surface area contributed by atoms with Crippen LogP contribution in [0.5, 0.6) is 5.88 Å². The SMILES string of the molecule is COc1nc(-c2cccc(-c3c(F)ccc(NC(=O)c4ccnn(C)c4=O)c3Cl)c2Cl)cc2c1[C@@H](N1CCN(C(C)=O)CC1)CC2. The minimum atomic E-state index is -0.712. The molecule has 4 aromatic rings. The second kappa shape index (κ2) is 12.8. The Morgan fingerprint density at radius 1 is 1.04 bits per heavy atom. The first-order valence-electron chi connectivity index (χ1n) is 14.8. The van der Waals surface area contributed by atoms with Crippen LogP contribution in [0.4, 0.5) is 10.1 Å². The number of halogens is 3. The third kappa shape index (κ3) is 5.74. The van der Waals surface area contributed by atoms with E-state index in [-0.39, 0.29) is 38.8 Å². The minimum absolute atomic E-state index is 0.00756. The highest BCUT2D eigenvalue weighted by atomic mass is 35.5. The molecule has 1 saturated heterocycles. The fraction of sp³-hybridized carbons (Fsp3) is 0.303. The van der Waals surface area contributed by atoms with Crippen molar-refractivity contribution in [1.82, 2.24) is 24.6 Å². The number of nitrogens with zero attached hydrogens (tertiary/aromatic N) is 5. The number of methoxy groups -OCH3 is 1. The van der Waals surface area contributed by atoms with E-state index in [1.165, 1.54) is 31.4 Å². The number of amides is 2. The molecule has 1 N–H and O–H groups in total. The van der Waals surface area contributed by atoms with E-state index in [9.17, 15) is 14.4 Å². The van der Waals surface area contributed by atoms with Gasteiger partial charge < -0.3 is 15.0 Å². The van der Waals surface area contributed by atoms with Gasteiger partial charge in [-0.15, -0.1) is 0 Å². The number of hydrogen-bond acceptors (Lipinski definition) is 7. The van der Waals surface area contributed by atoms with Crippen LogP contribution in [-0.2, 0) is 18.3 Å². The third-order valence-electron chi connectivity index (χ3n) is 8.66. The van der Waals surface area contributed by atoms with Crippen molar-refractivity contribution in [3.05, 3.63) is 91.6 Å². The summed E-state index contributed by atoms with van der Waals surface area (Å²) in [5, 5.41) is 6.57. The summed E-state index contributed by atoms with van der Waals surface area (Å²) in [5.41, 5.74) is 2.94. The van der Waals surface area contributed by atoms with Crippen LogP contribution in [-0.4, -0.2) is 69.7 Å². The Kier molecular flexibility index (Phi) is 8.82. The van der Waals surface area contributed by atoms with Gasteiger partial charge in [0.1, 0.15) is 11.4 Å². The van der Waals surface area contributed by atoms with Gasteiger partial charge in [-0.1, -0.05) is 41.4 Å². The molecule has 0 spiro atoms. The van der Waals surface area contributed by atoms with Gasteiger partial charge in [0.25, 0.3) is 11.5 Å². The molecule has 2 aromatic carbocycles. The van der Waals surface area contributed by atoms with Crippen molar-refractivity contribution < 1.29 is 18.7 Å². The molecule has 3 heterocycles. The van der Waals surface area contributed by atoms with Crippen molar-refractivity contribution in [1.29, 1.82) is 0 Å². The Morgan fingerprint density at radius 2 is 1.78 bits per heavy atom. The number of hydrogen-bond donors (Lipinski definition) is 1. The van der Waals surface area contributed by atoms with E-state index >= 15 is 4.39 Å². The number of carbonyl (C=O) groups is 2. The van der Waals surface area contributed by atoms with Crippen molar-refractivity contribution in [3.63, 3.8) is 0 Å². The normalized spacial score (nSPS) is 16.3. The predicted octanol–water partition coefficient (Wildman–Crippen LogP) is 5.37. The number of fused-ring (bicyclic) bond motifs is 1. The van der Waals surface area contributed by atoms with Crippen LogP contribution in [0.15, 0.2) is 53.5 Å². The van der Waals surface area contributed by atoms with Crippen LogP contribution in [0.2, 0.25) is 10.0 Å². The largest absolute Gasteiger partial charge is 0.481 e. The van der Waals surface area contributed by atoms with E-state index in [0.717, 1.165) is 41.7 Å². The Balaban J connectivity index is 1.33. The molecule has 6 rings (SSSR count). The molecule has 2 aromatic heterocycles. The number of anilines is 1. The fourth-order valence-electron chi connectivity index (χ4n) is 6.28. The number of rotatable bonds is 6. The highest BCUT2D eigenvalue weighted by Crippen LogP contribution is 2.46. The number of aryl methyl sites for hydroxylation is 2. The highest BCUT2D eigenvalue weighted by Gasteiger charge is 2.35. The van der Waals surface area contributed by atoms with Gasteiger partial charge in [0.15, 0.2) is 0 Å². The van der Waals surface area contributed by atoms with E-state index in [0.29, 0.717) is 35.8 Å². The van der Waals surface area contributed by atoms with Crippen LogP contribution in [0, 0.1) is 5.82 Å². The maximum atomic E-state index is 15.4. The van der Waals surface area contributed by atoms with E-state index in [4.69, 9.17) is 32.9 Å². The first-order chi connectivity index (χ1) is 22.1. The van der Waals surface area contributed by atoms with Gasteiger partial charge in [-0.25, -0.2) is 14.1 Å². The number of ether oxygens (including phenoxy) is 1. The van der Waals surface area contributed by atoms with E-state index in [1.54, 1.807) is 32.2 Å². The third-order valence-corrected chi connectivity index (χ3v) is 9.46. The molecule has 2 amide bonds. The van der Waals surface area contributed by atoms with Crippen LogP contribution >= 0.6 is 23.2 Å². The molecule has 1 aliphatic heterocycles. The summed E-state index contributed by atoms with van der Waals surface area (Å²) in [6.07, 6.45) is 3.05. The van der Waals surface area contributed by atoms with Crippen molar-refractivity contribution in [2.45, 2.75) is 25.8 Å². The molecule has 0 saturated carbocycles. The predicted molar refractivity (Wildman–Crippen MR) is 174 cm³/mol. The summed E-state index contributed by atoms with van der Waals surface area (Å²) in [5.74, 6) is -0.768. The summed E-state index contributed by atoms with van der Waals surface area (Å²) >= 11 is 13.7. The average molecular weight is 666 g/mol. The molecule has 1 atom stereocenters. The summed E-state index contributed by atoms with van der Waals surface area (Å²) in [7, 11) is 3.02. The van der Waals surface area contributed by atoms with Crippen molar-refractivity contribution in [3.8, 4) is 28.3 Å². The number of carbonyl (C=O) groups excluding carboxylic acids is 2. The number of nitrogens with one attached hydrogen (secondary N) is 1. The molecule has 2 aliphatic rings. The molecule has 0 unspecified atom stereocenters. The lowest BCUT2D eigenvalue weighted by molar-refractivity contribution is -0.130. The molecule has 46 heavy (non-hydrogen) atoms. The second-order valence-electron chi connectivity index (χ2n) is 11.3. The highest BCUT2D eigenvalue weighted by molar-refractivity contribution is 6.39. The van der Waals surface area contributed by atoms with Crippen molar-refractivity contribution in [2.75, 3.05) is 38.6 Å². The molecule has 1 aliphatic carbocycles. The molecular weight excluding hydrogens is 634 g/mol. The zero-order valence-electron chi connectivity index (χ0n) is 25.4. The second-order valence-corrected chi connectivity index (χ2v) is 12.0. The molecular formula is C33H31Cl2FN6O4. The zero-order valence-corrected chi connectivity index (χ0v) is 27.0. The Hall–Kier alpha value is -4.32. The Morgan fingerprint density at radius 3 is 2.50 bits per heavy atom. The number of aromatic nitrogens is 3. The van der Waals surface area contributed by atoms with Crippen LogP contribution < -0.4 is 15.6 Å².